The molecule has 0 unspecified atom stereocenters. The van der Waals surface area contributed by atoms with E-state index < -0.39 is 5.83 Å². The molecule has 0 bridgehead atoms. The van der Waals surface area contributed by atoms with Gasteiger partial charge in [0, 0.05) is 24.4 Å². The molecule has 126 valence electrons. The van der Waals surface area contributed by atoms with Crippen LogP contribution in [0.3, 0.4) is 0 Å². The molecule has 4 nitrogen and oxygen atoms in total. The van der Waals surface area contributed by atoms with E-state index in [9.17, 15) is 9.18 Å². The molecule has 1 rings (SSSR count). The van der Waals surface area contributed by atoms with Gasteiger partial charge in [-0.2, -0.15) is 0 Å². The molecule has 0 aliphatic rings. The maximum absolute atomic E-state index is 11.6. The van der Waals surface area contributed by atoms with Crippen molar-refractivity contribution in [2.75, 3.05) is 12.4 Å². The molecule has 0 fully saturated rings. The highest BCUT2D eigenvalue weighted by molar-refractivity contribution is 6.36. The first-order valence-electron chi connectivity index (χ1n) is 6.90. The van der Waals surface area contributed by atoms with Crippen molar-refractivity contribution in [2.45, 2.75) is 19.9 Å². The normalized spacial score (nSPS) is 9.13. The highest BCUT2D eigenvalue weighted by Crippen LogP contribution is 2.15. The summed E-state index contributed by atoms with van der Waals surface area (Å²) in [6.45, 7) is 10.4. The van der Waals surface area contributed by atoms with Crippen molar-refractivity contribution >= 4 is 17.7 Å². The summed E-state index contributed by atoms with van der Waals surface area (Å²) < 4.78 is 11.6. The Morgan fingerprint density at radius 3 is 2.30 bits per heavy atom. The van der Waals surface area contributed by atoms with Gasteiger partial charge in [-0.1, -0.05) is 43.5 Å². The molecule has 0 spiro atoms. The van der Waals surface area contributed by atoms with Crippen LogP contribution in [0.1, 0.15) is 19.4 Å². The Morgan fingerprint density at radius 2 is 1.91 bits per heavy atom. The molecular formula is C18H25FN2O2. The van der Waals surface area contributed by atoms with Crippen molar-refractivity contribution in [1.29, 1.82) is 5.41 Å². The summed E-state index contributed by atoms with van der Waals surface area (Å²) in [5.74, 6) is -0.445. The summed E-state index contributed by atoms with van der Waals surface area (Å²) in [5.41, 5.74) is 1.49. The Kier molecular flexibility index (Phi) is 14.3. The number of para-hydroxylation sites is 1. The number of carbonyl (C=O) groups is 1. The number of anilines is 1. The Labute approximate surface area is 137 Å². The first-order valence-corrected chi connectivity index (χ1v) is 6.90. The van der Waals surface area contributed by atoms with E-state index in [-0.39, 0.29) is 11.8 Å². The van der Waals surface area contributed by atoms with Crippen LogP contribution in [-0.2, 0) is 4.79 Å². The standard InChI is InChI=1S/C11H14N2O.C6H7F.CH4O/c1-8(2)13-11-6-4-3-5-9(11)10(12)7-14;1-3-4-5-6(2)7;1-2/h3-8,12-13H,1-2H3;3-5H,1-2H2;2H,1H3/b;5-4-;. The number of hydrogen-bond acceptors (Lipinski definition) is 4. The summed E-state index contributed by atoms with van der Waals surface area (Å²) in [4.78, 5) is 10.5. The zero-order valence-electron chi connectivity index (χ0n) is 13.8. The largest absolute Gasteiger partial charge is 0.400 e. The number of aliphatic hydroxyl groups is 1. The average Bonchev–Trinajstić information content (AvgIpc) is 2.54. The fourth-order valence-electron chi connectivity index (χ4n) is 1.39. The Morgan fingerprint density at radius 1 is 1.35 bits per heavy atom. The van der Waals surface area contributed by atoms with Crippen molar-refractivity contribution in [3.8, 4) is 0 Å². The quantitative estimate of drug-likeness (QED) is 0.423. The van der Waals surface area contributed by atoms with E-state index in [1.54, 1.807) is 6.07 Å². The van der Waals surface area contributed by atoms with Crippen molar-refractivity contribution in [3.05, 3.63) is 67.0 Å². The third-order valence-corrected chi connectivity index (χ3v) is 2.19. The predicted octanol–water partition coefficient (Wildman–Crippen LogP) is 3.89. The number of hydrogen-bond donors (Lipinski definition) is 3. The number of aldehydes is 1. The topological polar surface area (TPSA) is 73.2 Å². The van der Waals surface area contributed by atoms with Crippen LogP contribution in [-0.4, -0.2) is 30.3 Å². The van der Waals surface area contributed by atoms with Crippen molar-refractivity contribution < 1.29 is 14.3 Å². The van der Waals surface area contributed by atoms with E-state index in [0.29, 0.717) is 11.8 Å². The van der Waals surface area contributed by atoms with Gasteiger partial charge >= 0.3 is 0 Å². The van der Waals surface area contributed by atoms with E-state index in [2.05, 4.69) is 18.5 Å². The molecule has 5 heteroatoms. The van der Waals surface area contributed by atoms with Gasteiger partial charge in [-0.15, -0.1) is 0 Å². The average molecular weight is 320 g/mol. The van der Waals surface area contributed by atoms with Crippen LogP contribution >= 0.6 is 0 Å². The van der Waals surface area contributed by atoms with Gasteiger partial charge in [0.25, 0.3) is 0 Å². The van der Waals surface area contributed by atoms with E-state index in [4.69, 9.17) is 10.5 Å². The molecule has 0 amide bonds. The molecule has 0 aliphatic heterocycles. The van der Waals surface area contributed by atoms with Crippen LogP contribution < -0.4 is 5.32 Å². The van der Waals surface area contributed by atoms with Gasteiger partial charge in [0.15, 0.2) is 6.29 Å². The molecule has 0 atom stereocenters. The van der Waals surface area contributed by atoms with Gasteiger partial charge in [0.1, 0.15) is 11.5 Å². The second kappa shape index (κ2) is 14.4. The number of rotatable bonds is 6. The van der Waals surface area contributed by atoms with Crippen molar-refractivity contribution in [2.24, 2.45) is 0 Å². The molecule has 0 aromatic heterocycles. The molecular weight excluding hydrogens is 295 g/mol. The molecule has 0 saturated carbocycles. The lowest BCUT2D eigenvalue weighted by Gasteiger charge is -2.13. The lowest BCUT2D eigenvalue weighted by Crippen LogP contribution is -2.13. The third kappa shape index (κ3) is 11.8. The summed E-state index contributed by atoms with van der Waals surface area (Å²) in [5, 5.41) is 17.6. The number of allylic oxidation sites excluding steroid dienone is 4. The smallest absolute Gasteiger partial charge is 0.168 e. The maximum atomic E-state index is 11.6. The van der Waals surface area contributed by atoms with Crippen LogP contribution in [0, 0.1) is 5.41 Å². The van der Waals surface area contributed by atoms with Crippen molar-refractivity contribution in [1.82, 2.24) is 0 Å². The molecule has 0 heterocycles. The summed E-state index contributed by atoms with van der Waals surface area (Å²) in [7, 11) is 1.00. The molecule has 0 aliphatic carbocycles. The van der Waals surface area contributed by atoms with Gasteiger partial charge in [0.2, 0.25) is 0 Å². The van der Waals surface area contributed by atoms with Gasteiger partial charge in [0.05, 0.1) is 0 Å². The van der Waals surface area contributed by atoms with Crippen LogP contribution in [0.15, 0.2) is 61.5 Å². The van der Waals surface area contributed by atoms with Crippen LogP contribution in [0.2, 0.25) is 0 Å². The van der Waals surface area contributed by atoms with Crippen molar-refractivity contribution in [3.63, 3.8) is 0 Å². The predicted molar refractivity (Wildman–Crippen MR) is 95.8 cm³/mol. The van der Waals surface area contributed by atoms with Crippen LogP contribution in [0.5, 0.6) is 0 Å². The lowest BCUT2D eigenvalue weighted by atomic mass is 10.1. The first-order chi connectivity index (χ1) is 10.9. The Balaban J connectivity index is 0. The highest BCUT2D eigenvalue weighted by atomic mass is 19.1. The molecule has 3 N–H and O–H groups in total. The molecule has 1 aromatic rings. The van der Waals surface area contributed by atoms with E-state index >= 15 is 0 Å². The van der Waals surface area contributed by atoms with E-state index in [0.717, 1.165) is 12.8 Å². The number of aliphatic hydroxyl groups excluding tert-OH is 1. The number of benzene rings is 1. The van der Waals surface area contributed by atoms with Gasteiger partial charge in [-0.25, -0.2) is 4.39 Å². The minimum atomic E-state index is -0.445. The highest BCUT2D eigenvalue weighted by Gasteiger charge is 2.06. The minimum Gasteiger partial charge on any atom is -0.400 e. The summed E-state index contributed by atoms with van der Waals surface area (Å²) in [6, 6.07) is 7.62. The van der Waals surface area contributed by atoms with Crippen LogP contribution in [0.25, 0.3) is 0 Å². The fourth-order valence-corrected chi connectivity index (χ4v) is 1.39. The van der Waals surface area contributed by atoms with Gasteiger partial charge < -0.3 is 10.4 Å². The molecule has 0 radical (unpaired) electrons. The zero-order chi connectivity index (χ0) is 18.3. The summed E-state index contributed by atoms with van der Waals surface area (Å²) in [6.07, 6.45) is 4.78. The zero-order valence-corrected chi connectivity index (χ0v) is 13.8. The van der Waals surface area contributed by atoms with Gasteiger partial charge in [-0.05, 0) is 26.0 Å². The number of carbonyl (C=O) groups excluding carboxylic acids is 1. The minimum absolute atomic E-state index is 0.00810. The molecule has 1 aromatic carbocycles. The first kappa shape index (κ1) is 22.7. The molecule has 0 saturated heterocycles. The third-order valence-electron chi connectivity index (χ3n) is 2.19. The second-order valence-electron chi connectivity index (χ2n) is 4.42. The maximum Gasteiger partial charge on any atom is 0.168 e. The monoisotopic (exact) mass is 320 g/mol. The Hall–Kier alpha value is -2.53. The van der Waals surface area contributed by atoms with Crippen LogP contribution in [0.4, 0.5) is 10.1 Å². The number of nitrogens with one attached hydrogen (secondary N) is 2. The fraction of sp³-hybridized carbons (Fsp3) is 0.222. The second-order valence-corrected chi connectivity index (χ2v) is 4.42. The lowest BCUT2D eigenvalue weighted by molar-refractivity contribution is -0.102. The molecule has 23 heavy (non-hydrogen) atoms. The summed E-state index contributed by atoms with van der Waals surface area (Å²) >= 11 is 0. The van der Waals surface area contributed by atoms with E-state index in [1.165, 1.54) is 18.2 Å². The SMILES string of the molecule is C=C/C=C\C(=C)F.CC(C)Nc1ccccc1C(=N)C=O.CO. The number of halogens is 1. The van der Waals surface area contributed by atoms with E-state index in [1.807, 2.05) is 32.0 Å². The Bertz CT molecular complexity index is 538. The van der Waals surface area contributed by atoms with Gasteiger partial charge in [-0.3, -0.25) is 10.2 Å².